The summed E-state index contributed by atoms with van der Waals surface area (Å²) in [7, 11) is 0. The first-order valence-electron chi connectivity index (χ1n) is 9.24. The quantitative estimate of drug-likeness (QED) is 0.539. The number of amides is 1. The molecule has 0 saturated carbocycles. The molecule has 1 N–H and O–H groups in total. The number of benzene rings is 3. The van der Waals surface area contributed by atoms with Crippen LogP contribution in [0.5, 0.6) is 0 Å². The summed E-state index contributed by atoms with van der Waals surface area (Å²) in [6.07, 6.45) is 1.63. The predicted octanol–water partition coefficient (Wildman–Crippen LogP) is 4.29. The van der Waals surface area contributed by atoms with Crippen molar-refractivity contribution in [3.63, 3.8) is 0 Å². The monoisotopic (exact) mass is 380 g/mol. The first kappa shape index (κ1) is 17.1. The Kier molecular flexibility index (Phi) is 3.88. The van der Waals surface area contributed by atoms with Crippen LogP contribution in [-0.4, -0.2) is 16.9 Å². The van der Waals surface area contributed by atoms with E-state index in [-0.39, 0.29) is 0 Å². The average Bonchev–Trinajstić information content (AvgIpc) is 3.06. The molecule has 1 aliphatic rings. The van der Waals surface area contributed by atoms with Crippen LogP contribution in [-0.2, 0) is 15.1 Å². The van der Waals surface area contributed by atoms with Crippen molar-refractivity contribution >= 4 is 28.3 Å². The van der Waals surface area contributed by atoms with Crippen LogP contribution in [0.15, 0.2) is 91.1 Å². The van der Waals surface area contributed by atoms with Gasteiger partial charge in [-0.1, -0.05) is 60.7 Å². The molecule has 0 fully saturated rings. The van der Waals surface area contributed by atoms with E-state index in [1.165, 1.54) is 0 Å². The van der Waals surface area contributed by atoms with Crippen LogP contribution in [0.25, 0.3) is 10.8 Å². The van der Waals surface area contributed by atoms with Crippen LogP contribution in [0, 0.1) is 0 Å². The van der Waals surface area contributed by atoms with E-state index in [0.717, 1.165) is 10.8 Å². The number of anilines is 1. The highest BCUT2D eigenvalue weighted by atomic mass is 16.6. The molecule has 0 radical (unpaired) electrons. The van der Waals surface area contributed by atoms with E-state index in [1.54, 1.807) is 42.6 Å². The maximum Gasteiger partial charge on any atom is 0.339 e. The molecule has 0 bridgehead atoms. The van der Waals surface area contributed by atoms with Crippen molar-refractivity contribution in [2.24, 2.45) is 0 Å². The molecule has 1 unspecified atom stereocenters. The van der Waals surface area contributed by atoms with Gasteiger partial charge in [-0.3, -0.25) is 9.78 Å². The molecule has 4 aromatic rings. The number of aromatic nitrogens is 1. The van der Waals surface area contributed by atoms with Gasteiger partial charge in [0.25, 0.3) is 11.5 Å². The fourth-order valence-corrected chi connectivity index (χ4v) is 3.79. The minimum absolute atomic E-state index is 0.365. The number of hydrogen-bond acceptors (Lipinski definition) is 4. The third-order valence-electron chi connectivity index (χ3n) is 5.14. The summed E-state index contributed by atoms with van der Waals surface area (Å²) >= 11 is 0. The summed E-state index contributed by atoms with van der Waals surface area (Å²) in [5.41, 5.74) is 0.252. The molecule has 140 valence electrons. The van der Waals surface area contributed by atoms with E-state index >= 15 is 0 Å². The second kappa shape index (κ2) is 6.56. The highest BCUT2D eigenvalue weighted by Gasteiger charge is 2.54. The SMILES string of the molecule is O=C(OC1(c2nccc3ccccc23)C(=O)Nc2ccccc21)c1ccccc1. The fraction of sp³-hybridized carbons (Fsp3) is 0.0417. The molecule has 0 aliphatic carbocycles. The molecular formula is C24H16N2O3. The third-order valence-corrected chi connectivity index (χ3v) is 5.14. The summed E-state index contributed by atoms with van der Waals surface area (Å²) in [4.78, 5) is 30.9. The van der Waals surface area contributed by atoms with E-state index < -0.39 is 17.5 Å². The number of carbonyl (C=O) groups excluding carboxylic acids is 2. The smallest absolute Gasteiger partial charge is 0.339 e. The van der Waals surface area contributed by atoms with Crippen LogP contribution in [0.3, 0.4) is 0 Å². The molecule has 29 heavy (non-hydrogen) atoms. The number of nitrogens with one attached hydrogen (secondary N) is 1. The van der Waals surface area contributed by atoms with Crippen molar-refractivity contribution in [1.82, 2.24) is 4.98 Å². The summed E-state index contributed by atoms with van der Waals surface area (Å²) < 4.78 is 6.00. The van der Waals surface area contributed by atoms with Crippen molar-refractivity contribution in [2.45, 2.75) is 5.60 Å². The molecule has 0 spiro atoms. The van der Waals surface area contributed by atoms with Crippen LogP contribution in [0.2, 0.25) is 0 Å². The molecule has 2 heterocycles. The van der Waals surface area contributed by atoms with Gasteiger partial charge >= 0.3 is 5.97 Å². The maximum atomic E-state index is 13.3. The maximum absolute atomic E-state index is 13.3. The lowest BCUT2D eigenvalue weighted by atomic mass is 9.88. The largest absolute Gasteiger partial charge is 0.433 e. The van der Waals surface area contributed by atoms with Crippen molar-refractivity contribution in [3.8, 4) is 0 Å². The Morgan fingerprint density at radius 1 is 0.862 bits per heavy atom. The second-order valence-electron chi connectivity index (χ2n) is 6.82. The number of rotatable bonds is 3. The van der Waals surface area contributed by atoms with E-state index in [9.17, 15) is 9.59 Å². The van der Waals surface area contributed by atoms with Crippen LogP contribution >= 0.6 is 0 Å². The molecule has 5 heteroatoms. The lowest BCUT2D eigenvalue weighted by molar-refractivity contribution is -0.131. The normalized spacial score (nSPS) is 17.6. The second-order valence-corrected chi connectivity index (χ2v) is 6.82. The van der Waals surface area contributed by atoms with Gasteiger partial charge in [0.15, 0.2) is 0 Å². The Morgan fingerprint density at radius 2 is 1.59 bits per heavy atom. The first-order valence-corrected chi connectivity index (χ1v) is 9.24. The molecule has 5 nitrogen and oxygen atoms in total. The van der Waals surface area contributed by atoms with E-state index in [4.69, 9.17) is 4.74 Å². The summed E-state index contributed by atoms with van der Waals surface area (Å²) in [6.45, 7) is 0. The van der Waals surface area contributed by atoms with Gasteiger partial charge in [0.2, 0.25) is 0 Å². The molecule has 3 aromatic carbocycles. The minimum Gasteiger partial charge on any atom is -0.433 e. The zero-order chi connectivity index (χ0) is 19.8. The number of ether oxygens (including phenoxy) is 1. The summed E-state index contributed by atoms with van der Waals surface area (Å²) in [5.74, 6) is -1.03. The lowest BCUT2D eigenvalue weighted by Gasteiger charge is -2.28. The zero-order valence-electron chi connectivity index (χ0n) is 15.3. The molecule has 5 rings (SSSR count). The fourth-order valence-electron chi connectivity index (χ4n) is 3.79. The van der Waals surface area contributed by atoms with E-state index in [0.29, 0.717) is 22.5 Å². The highest BCUT2D eigenvalue weighted by Crippen LogP contribution is 2.45. The number of para-hydroxylation sites is 1. The van der Waals surface area contributed by atoms with Crippen molar-refractivity contribution in [2.75, 3.05) is 5.32 Å². The lowest BCUT2D eigenvalue weighted by Crippen LogP contribution is -2.41. The number of esters is 1. The van der Waals surface area contributed by atoms with Crippen LogP contribution in [0.1, 0.15) is 21.6 Å². The Balaban J connectivity index is 1.77. The highest BCUT2D eigenvalue weighted by molar-refractivity contribution is 6.11. The summed E-state index contributed by atoms with van der Waals surface area (Å²) in [6, 6.07) is 25.3. The topological polar surface area (TPSA) is 68.3 Å². The van der Waals surface area contributed by atoms with Gasteiger partial charge < -0.3 is 10.1 Å². The number of carbonyl (C=O) groups is 2. The van der Waals surface area contributed by atoms with Crippen molar-refractivity contribution in [3.05, 3.63) is 108 Å². The van der Waals surface area contributed by atoms with Gasteiger partial charge in [-0.05, 0) is 29.7 Å². The molecule has 1 amide bonds. The minimum atomic E-state index is -1.68. The van der Waals surface area contributed by atoms with Crippen molar-refractivity contribution < 1.29 is 14.3 Å². The Labute approximate surface area is 167 Å². The van der Waals surface area contributed by atoms with Gasteiger partial charge in [-0.15, -0.1) is 0 Å². The van der Waals surface area contributed by atoms with Crippen molar-refractivity contribution in [1.29, 1.82) is 0 Å². The number of hydrogen-bond donors (Lipinski definition) is 1. The molecule has 1 aliphatic heterocycles. The van der Waals surface area contributed by atoms with Gasteiger partial charge in [0.05, 0.1) is 5.56 Å². The molecule has 1 aromatic heterocycles. The first-order chi connectivity index (χ1) is 14.2. The zero-order valence-corrected chi connectivity index (χ0v) is 15.3. The van der Waals surface area contributed by atoms with Crippen LogP contribution < -0.4 is 5.32 Å². The standard InChI is InChI=1S/C24H16N2O3/c27-22(17-9-2-1-3-10-17)29-24(19-12-6-7-13-20(19)26-23(24)28)21-18-11-5-4-8-16(18)14-15-25-21/h1-15H,(H,26,28). The molecule has 0 saturated heterocycles. The summed E-state index contributed by atoms with van der Waals surface area (Å²) in [5, 5.41) is 4.51. The Hall–Kier alpha value is -3.99. The molecule has 1 atom stereocenters. The van der Waals surface area contributed by atoms with Crippen LogP contribution in [0.4, 0.5) is 5.69 Å². The van der Waals surface area contributed by atoms with Gasteiger partial charge in [-0.2, -0.15) is 0 Å². The predicted molar refractivity (Wildman–Crippen MR) is 109 cm³/mol. The van der Waals surface area contributed by atoms with E-state index in [2.05, 4.69) is 10.3 Å². The number of pyridine rings is 1. The third kappa shape index (κ3) is 2.59. The molecular weight excluding hydrogens is 364 g/mol. The van der Waals surface area contributed by atoms with Gasteiger partial charge in [0, 0.05) is 22.8 Å². The van der Waals surface area contributed by atoms with Gasteiger partial charge in [0.1, 0.15) is 5.69 Å². The number of fused-ring (bicyclic) bond motifs is 2. The average molecular weight is 380 g/mol. The van der Waals surface area contributed by atoms with Gasteiger partial charge in [-0.25, -0.2) is 4.79 Å². The Bertz CT molecular complexity index is 1250. The van der Waals surface area contributed by atoms with E-state index in [1.807, 2.05) is 48.5 Å². The number of nitrogens with zero attached hydrogens (tertiary/aromatic N) is 1. The Morgan fingerprint density at radius 3 is 2.45 bits per heavy atom.